The predicted octanol–water partition coefficient (Wildman–Crippen LogP) is 2.12. The van der Waals surface area contributed by atoms with Crippen LogP contribution in [0.1, 0.15) is 32.6 Å². The van der Waals surface area contributed by atoms with Gasteiger partial charge in [-0.2, -0.15) is 4.99 Å². The molecule has 0 aliphatic carbocycles. The molecule has 1 aromatic heterocycles. The third-order valence-electron chi connectivity index (χ3n) is 5.17. The van der Waals surface area contributed by atoms with Crippen LogP contribution in [0.15, 0.2) is 23.2 Å². The van der Waals surface area contributed by atoms with Gasteiger partial charge in [0.2, 0.25) is 5.91 Å². The van der Waals surface area contributed by atoms with E-state index >= 15 is 0 Å². The van der Waals surface area contributed by atoms with Gasteiger partial charge >= 0.3 is 0 Å². The van der Waals surface area contributed by atoms with Crippen molar-refractivity contribution in [3.8, 4) is 0 Å². The molecular weight excluding hydrogens is 457 g/mol. The average Bonchev–Trinajstić information content (AvgIpc) is 2.89. The van der Waals surface area contributed by atoms with E-state index in [1.807, 2.05) is 6.92 Å². The van der Waals surface area contributed by atoms with Crippen LogP contribution < -0.4 is 4.80 Å². The highest BCUT2D eigenvalue weighted by atomic mass is 32.2. The number of ether oxygens (including phenoxy) is 1. The number of hydrogen-bond acceptors (Lipinski definition) is 6. The van der Waals surface area contributed by atoms with Gasteiger partial charge < -0.3 is 14.2 Å². The maximum Gasteiger partial charge on any atom is 0.263 e. The first-order valence-electron chi connectivity index (χ1n) is 10.7. The first-order valence-corrected chi connectivity index (χ1v) is 13.4. The van der Waals surface area contributed by atoms with Crippen molar-refractivity contribution in [2.45, 2.75) is 39.2 Å². The number of benzene rings is 1. The van der Waals surface area contributed by atoms with Gasteiger partial charge in [-0.25, -0.2) is 12.8 Å². The van der Waals surface area contributed by atoms with E-state index < -0.39 is 39.0 Å². The maximum atomic E-state index is 13.6. The second-order valence-electron chi connectivity index (χ2n) is 7.68. The lowest BCUT2D eigenvalue weighted by molar-refractivity contribution is -0.128. The molecule has 1 aromatic carbocycles. The Kier molecular flexibility index (Phi) is 8.55. The summed E-state index contributed by atoms with van der Waals surface area (Å²) >= 11 is 1.10. The van der Waals surface area contributed by atoms with E-state index in [4.69, 9.17) is 4.74 Å². The molecule has 0 bridgehead atoms. The number of carbonyl (C=O) groups is 2. The fourth-order valence-corrected chi connectivity index (χ4v) is 5.83. The minimum atomic E-state index is -3.96. The molecule has 1 aliphatic rings. The van der Waals surface area contributed by atoms with Crippen LogP contribution in [0.2, 0.25) is 0 Å². The number of thiazole rings is 1. The quantitative estimate of drug-likeness (QED) is 0.534. The van der Waals surface area contributed by atoms with Crippen molar-refractivity contribution in [2.75, 3.05) is 37.8 Å². The smallest absolute Gasteiger partial charge is 0.263 e. The summed E-state index contributed by atoms with van der Waals surface area (Å²) in [5.74, 6) is -3.28. The zero-order valence-corrected chi connectivity index (χ0v) is 19.7. The third-order valence-corrected chi connectivity index (χ3v) is 7.59. The van der Waals surface area contributed by atoms with Crippen LogP contribution in [-0.4, -0.2) is 67.5 Å². The topological polar surface area (TPSA) is 98.0 Å². The summed E-state index contributed by atoms with van der Waals surface area (Å²) in [6.07, 6.45) is 3.76. The number of hydrogen-bond donors (Lipinski definition) is 0. The van der Waals surface area contributed by atoms with Crippen molar-refractivity contribution in [1.29, 1.82) is 0 Å². The molecular formula is C21H28FN3O5S2. The van der Waals surface area contributed by atoms with E-state index in [-0.39, 0.29) is 4.80 Å². The molecule has 176 valence electrons. The zero-order valence-electron chi connectivity index (χ0n) is 18.1. The number of halogens is 1. The highest BCUT2D eigenvalue weighted by Gasteiger charge is 2.25. The largest absolute Gasteiger partial charge is 0.380 e. The molecule has 0 atom stereocenters. The summed E-state index contributed by atoms with van der Waals surface area (Å²) in [4.78, 5) is 30.7. The van der Waals surface area contributed by atoms with Gasteiger partial charge in [-0.05, 0) is 38.0 Å². The van der Waals surface area contributed by atoms with Gasteiger partial charge in [0, 0.05) is 26.2 Å². The highest BCUT2D eigenvalue weighted by Crippen LogP contribution is 2.18. The fraction of sp³-hybridized carbons (Fsp3) is 0.571. The lowest BCUT2D eigenvalue weighted by Gasteiger charge is -2.19. The molecule has 0 spiro atoms. The monoisotopic (exact) mass is 485 g/mol. The third kappa shape index (κ3) is 6.69. The number of fused-ring (bicyclic) bond motifs is 1. The first-order chi connectivity index (χ1) is 15.3. The number of carbonyl (C=O) groups excluding carboxylic acids is 2. The van der Waals surface area contributed by atoms with Crippen molar-refractivity contribution in [3.05, 3.63) is 28.8 Å². The predicted molar refractivity (Wildman–Crippen MR) is 121 cm³/mol. The van der Waals surface area contributed by atoms with Gasteiger partial charge in [-0.3, -0.25) is 9.59 Å². The van der Waals surface area contributed by atoms with Gasteiger partial charge in [-0.1, -0.05) is 24.2 Å². The Labute approximate surface area is 190 Å². The molecule has 2 amide bonds. The summed E-state index contributed by atoms with van der Waals surface area (Å²) in [7, 11) is -3.96. The van der Waals surface area contributed by atoms with Crippen LogP contribution in [0.25, 0.3) is 10.2 Å². The Morgan fingerprint density at radius 2 is 1.88 bits per heavy atom. The molecule has 2 aromatic rings. The molecule has 2 heterocycles. The van der Waals surface area contributed by atoms with Crippen LogP contribution in [0.3, 0.4) is 0 Å². The molecule has 3 rings (SSSR count). The maximum absolute atomic E-state index is 13.6. The number of sulfone groups is 1. The Morgan fingerprint density at radius 3 is 2.56 bits per heavy atom. The van der Waals surface area contributed by atoms with E-state index in [9.17, 15) is 22.4 Å². The Morgan fingerprint density at radius 1 is 1.16 bits per heavy atom. The van der Waals surface area contributed by atoms with E-state index in [0.717, 1.165) is 37.0 Å². The van der Waals surface area contributed by atoms with E-state index in [0.29, 0.717) is 43.1 Å². The molecule has 11 heteroatoms. The van der Waals surface area contributed by atoms with Gasteiger partial charge in [0.25, 0.3) is 5.91 Å². The second-order valence-corrected chi connectivity index (χ2v) is 10.8. The van der Waals surface area contributed by atoms with E-state index in [2.05, 4.69) is 4.99 Å². The van der Waals surface area contributed by atoms with Crippen LogP contribution in [0, 0.1) is 5.82 Å². The first kappa shape index (κ1) is 24.5. The Bertz CT molecular complexity index is 1130. The van der Waals surface area contributed by atoms with Crippen molar-refractivity contribution >= 4 is 43.2 Å². The minimum Gasteiger partial charge on any atom is -0.380 e. The number of nitrogens with zero attached hydrogens (tertiary/aromatic N) is 3. The number of amides is 2. The minimum absolute atomic E-state index is 0.268. The van der Waals surface area contributed by atoms with Crippen LogP contribution in [0.5, 0.6) is 0 Å². The van der Waals surface area contributed by atoms with Gasteiger partial charge in [0.1, 0.15) is 17.3 Å². The zero-order chi connectivity index (χ0) is 23.1. The normalized spacial score (nSPS) is 15.8. The summed E-state index contributed by atoms with van der Waals surface area (Å²) in [6.45, 7) is 4.22. The molecule has 1 aliphatic heterocycles. The lowest BCUT2D eigenvalue weighted by atomic mass is 10.2. The number of likely N-dealkylation sites (tertiary alicyclic amines) is 1. The summed E-state index contributed by atoms with van der Waals surface area (Å²) in [5.41, 5.74) is 0.682. The number of aromatic nitrogens is 1. The highest BCUT2D eigenvalue weighted by molar-refractivity contribution is 7.92. The molecule has 32 heavy (non-hydrogen) atoms. The average molecular weight is 486 g/mol. The molecule has 1 fully saturated rings. The lowest BCUT2D eigenvalue weighted by Crippen LogP contribution is -2.37. The fourth-order valence-electron chi connectivity index (χ4n) is 3.63. The molecule has 0 N–H and O–H groups in total. The van der Waals surface area contributed by atoms with Crippen molar-refractivity contribution in [1.82, 2.24) is 9.47 Å². The summed E-state index contributed by atoms with van der Waals surface area (Å²) < 4.78 is 46.3. The van der Waals surface area contributed by atoms with Crippen molar-refractivity contribution < 1.29 is 27.1 Å². The number of rotatable bonds is 8. The summed E-state index contributed by atoms with van der Waals surface area (Å²) in [6, 6.07) is 4.25. The van der Waals surface area contributed by atoms with Crippen LogP contribution in [-0.2, 0) is 30.7 Å². The molecule has 1 saturated heterocycles. The Hall–Kier alpha value is -2.11. The van der Waals surface area contributed by atoms with Crippen LogP contribution in [0.4, 0.5) is 4.39 Å². The van der Waals surface area contributed by atoms with Gasteiger partial charge in [0.15, 0.2) is 14.6 Å². The van der Waals surface area contributed by atoms with Gasteiger partial charge in [0.05, 0.1) is 16.8 Å². The molecule has 0 saturated carbocycles. The molecule has 0 unspecified atom stereocenters. The van der Waals surface area contributed by atoms with E-state index in [1.54, 1.807) is 15.5 Å². The SMILES string of the molecule is CCOCCn1c(=NC(=O)CS(=O)(=O)CC(=O)N2CCCCCC2)sc2cc(F)ccc21. The molecule has 0 radical (unpaired) electrons. The van der Waals surface area contributed by atoms with Crippen LogP contribution >= 0.6 is 11.3 Å². The second kappa shape index (κ2) is 11.2. The Balaban J connectivity index is 1.77. The van der Waals surface area contributed by atoms with E-state index in [1.165, 1.54) is 12.1 Å². The molecule has 8 nitrogen and oxygen atoms in total. The standard InChI is InChI=1S/C21H28FN3O5S2/c1-2-30-12-11-25-17-8-7-16(22)13-18(17)31-21(25)23-19(26)14-32(28,29)15-20(27)24-9-5-3-4-6-10-24/h7-8,13H,2-6,9-12,14-15H2,1H3. The summed E-state index contributed by atoms with van der Waals surface area (Å²) in [5, 5.41) is 0. The van der Waals surface area contributed by atoms with Gasteiger partial charge in [-0.15, -0.1) is 0 Å². The van der Waals surface area contributed by atoms with Crippen molar-refractivity contribution in [2.24, 2.45) is 4.99 Å². The van der Waals surface area contributed by atoms with Crippen molar-refractivity contribution in [3.63, 3.8) is 0 Å².